The van der Waals surface area contributed by atoms with Crippen molar-refractivity contribution in [2.75, 3.05) is 5.01 Å². The summed E-state index contributed by atoms with van der Waals surface area (Å²) in [4.78, 5) is 13.0. The van der Waals surface area contributed by atoms with Crippen molar-refractivity contribution >= 4 is 23.4 Å². The zero-order valence-electron chi connectivity index (χ0n) is 14.7. The Hall–Kier alpha value is -3.47. The van der Waals surface area contributed by atoms with E-state index in [0.717, 1.165) is 35.5 Å². The van der Waals surface area contributed by atoms with Crippen LogP contribution in [0, 0.1) is 5.92 Å². The third-order valence-electron chi connectivity index (χ3n) is 4.84. The van der Waals surface area contributed by atoms with Crippen LogP contribution in [0.4, 0.5) is 5.69 Å². The maximum absolute atomic E-state index is 13.0. The summed E-state index contributed by atoms with van der Waals surface area (Å²) in [5, 5.41) is 10.4. The smallest absolute Gasteiger partial charge is 0.267 e. The van der Waals surface area contributed by atoms with E-state index in [9.17, 15) is 4.79 Å². The van der Waals surface area contributed by atoms with Gasteiger partial charge in [0.2, 0.25) is 0 Å². The van der Waals surface area contributed by atoms with E-state index in [0.29, 0.717) is 11.5 Å². The van der Waals surface area contributed by atoms with Gasteiger partial charge in [0.05, 0.1) is 22.7 Å². The Labute approximate surface area is 157 Å². The van der Waals surface area contributed by atoms with Crippen LogP contribution < -0.4 is 5.01 Å². The number of benzene rings is 2. The Morgan fingerprint density at radius 1 is 0.926 bits per heavy atom. The van der Waals surface area contributed by atoms with Gasteiger partial charge < -0.3 is 0 Å². The van der Waals surface area contributed by atoms with E-state index in [1.807, 2.05) is 77.6 Å². The lowest BCUT2D eigenvalue weighted by atomic mass is 10.0. The van der Waals surface area contributed by atoms with Crippen molar-refractivity contribution in [3.05, 3.63) is 84.2 Å². The lowest BCUT2D eigenvalue weighted by Gasteiger charge is -2.11. The fourth-order valence-corrected chi connectivity index (χ4v) is 3.28. The molecule has 2 heterocycles. The van der Waals surface area contributed by atoms with Crippen molar-refractivity contribution in [3.63, 3.8) is 0 Å². The summed E-state index contributed by atoms with van der Waals surface area (Å²) in [5.41, 5.74) is 4.39. The second-order valence-corrected chi connectivity index (χ2v) is 6.81. The van der Waals surface area contributed by atoms with E-state index < -0.39 is 0 Å². The summed E-state index contributed by atoms with van der Waals surface area (Å²) in [6.07, 6.45) is 7.82. The largest absolute Gasteiger partial charge is 0.280 e. The molecular weight excluding hydrogens is 336 g/mol. The van der Waals surface area contributed by atoms with Gasteiger partial charge >= 0.3 is 0 Å². The molecule has 2 aromatic carbocycles. The molecule has 1 aliphatic heterocycles. The molecule has 2 aliphatic rings. The predicted octanol–water partition coefficient (Wildman–Crippen LogP) is 4.07. The number of hydrogen-bond acceptors (Lipinski definition) is 3. The molecule has 5 nitrogen and oxygen atoms in total. The fraction of sp³-hybridized carbons (Fsp3) is 0.136. The molecule has 27 heavy (non-hydrogen) atoms. The lowest BCUT2D eigenvalue weighted by molar-refractivity contribution is -0.114. The maximum atomic E-state index is 13.0. The monoisotopic (exact) mass is 354 g/mol. The highest BCUT2D eigenvalue weighted by molar-refractivity contribution is 6.33. The predicted molar refractivity (Wildman–Crippen MR) is 106 cm³/mol. The van der Waals surface area contributed by atoms with Gasteiger partial charge in [0, 0.05) is 18.3 Å². The van der Waals surface area contributed by atoms with Crippen molar-refractivity contribution in [2.45, 2.75) is 12.8 Å². The highest BCUT2D eigenvalue weighted by Gasteiger charge is 2.39. The second-order valence-electron chi connectivity index (χ2n) is 6.81. The van der Waals surface area contributed by atoms with Crippen LogP contribution in [0.25, 0.3) is 11.8 Å². The molecule has 0 atom stereocenters. The molecule has 0 bridgehead atoms. The Kier molecular flexibility index (Phi) is 3.71. The van der Waals surface area contributed by atoms with Gasteiger partial charge in [0.1, 0.15) is 0 Å². The Bertz CT molecular complexity index is 1030. The fourth-order valence-electron chi connectivity index (χ4n) is 3.28. The molecule has 5 heteroatoms. The molecule has 1 fully saturated rings. The maximum Gasteiger partial charge on any atom is 0.280 e. The molecule has 1 amide bonds. The molecule has 1 aliphatic carbocycles. The molecule has 5 rings (SSSR count). The number of amides is 1. The minimum absolute atomic E-state index is 0.0562. The van der Waals surface area contributed by atoms with E-state index in [-0.39, 0.29) is 5.91 Å². The molecule has 0 unspecified atom stereocenters. The van der Waals surface area contributed by atoms with E-state index in [1.54, 1.807) is 6.20 Å². The number of rotatable bonds is 4. The zero-order valence-corrected chi connectivity index (χ0v) is 14.7. The quantitative estimate of drug-likeness (QED) is 0.663. The van der Waals surface area contributed by atoms with Crippen LogP contribution in [0.15, 0.2) is 83.7 Å². The molecule has 0 N–H and O–H groups in total. The molecule has 0 radical (unpaired) electrons. The SMILES string of the molecule is O=C1/C(=C\c2ccc(-n3cccn3)cc2)C(C2CC2)=NN1c1ccccc1. The number of anilines is 1. The molecule has 1 saturated carbocycles. The van der Waals surface area contributed by atoms with Gasteiger partial charge in [-0.1, -0.05) is 30.3 Å². The van der Waals surface area contributed by atoms with Crippen molar-refractivity contribution in [1.82, 2.24) is 9.78 Å². The molecule has 3 aromatic rings. The first-order chi connectivity index (χ1) is 13.3. The number of hydrazone groups is 1. The first kappa shape index (κ1) is 15.8. The zero-order chi connectivity index (χ0) is 18.2. The molecule has 1 aromatic heterocycles. The highest BCUT2D eigenvalue weighted by atomic mass is 16.2. The molecule has 132 valence electrons. The van der Waals surface area contributed by atoms with Gasteiger partial charge in [-0.05, 0) is 54.8 Å². The number of para-hydroxylation sites is 1. The number of carbonyl (C=O) groups excluding carboxylic acids is 1. The third-order valence-corrected chi connectivity index (χ3v) is 4.84. The number of nitrogens with zero attached hydrogens (tertiary/aromatic N) is 4. The number of hydrogen-bond donors (Lipinski definition) is 0. The van der Waals surface area contributed by atoms with E-state index >= 15 is 0 Å². The average Bonchev–Trinajstić information content (AvgIpc) is 3.30. The van der Waals surface area contributed by atoms with Gasteiger partial charge in [-0.15, -0.1) is 0 Å². The minimum atomic E-state index is -0.0562. The summed E-state index contributed by atoms with van der Waals surface area (Å²) < 4.78 is 1.81. The van der Waals surface area contributed by atoms with E-state index in [4.69, 9.17) is 0 Å². The van der Waals surface area contributed by atoms with Crippen molar-refractivity contribution < 1.29 is 4.79 Å². The van der Waals surface area contributed by atoms with Gasteiger partial charge in [-0.2, -0.15) is 15.2 Å². The van der Waals surface area contributed by atoms with E-state index in [1.165, 1.54) is 5.01 Å². The second kappa shape index (κ2) is 6.36. The average molecular weight is 354 g/mol. The lowest BCUT2D eigenvalue weighted by Crippen LogP contribution is -2.21. The highest BCUT2D eigenvalue weighted by Crippen LogP contribution is 2.38. The van der Waals surface area contributed by atoms with Crippen molar-refractivity contribution in [2.24, 2.45) is 11.0 Å². The Balaban J connectivity index is 1.48. The van der Waals surface area contributed by atoms with Gasteiger partial charge in [-0.25, -0.2) is 4.68 Å². The Morgan fingerprint density at radius 3 is 2.37 bits per heavy atom. The van der Waals surface area contributed by atoms with Crippen LogP contribution in [-0.4, -0.2) is 21.4 Å². The first-order valence-corrected chi connectivity index (χ1v) is 9.10. The topological polar surface area (TPSA) is 50.5 Å². The number of carbonyl (C=O) groups is 1. The summed E-state index contributed by atoms with van der Waals surface area (Å²) in [6, 6.07) is 19.5. The number of aromatic nitrogens is 2. The van der Waals surface area contributed by atoms with Gasteiger partial charge in [0.15, 0.2) is 0 Å². The van der Waals surface area contributed by atoms with Crippen LogP contribution in [0.5, 0.6) is 0 Å². The van der Waals surface area contributed by atoms with Crippen molar-refractivity contribution in [1.29, 1.82) is 0 Å². The van der Waals surface area contributed by atoms with E-state index in [2.05, 4.69) is 10.2 Å². The van der Waals surface area contributed by atoms with Crippen LogP contribution in [0.1, 0.15) is 18.4 Å². The van der Waals surface area contributed by atoms with Gasteiger partial charge in [0.25, 0.3) is 5.91 Å². The minimum Gasteiger partial charge on any atom is -0.267 e. The molecule has 0 saturated heterocycles. The van der Waals surface area contributed by atoms with Crippen LogP contribution in [0.3, 0.4) is 0 Å². The Morgan fingerprint density at radius 2 is 1.70 bits per heavy atom. The van der Waals surface area contributed by atoms with Crippen LogP contribution in [0.2, 0.25) is 0 Å². The normalized spacial score (nSPS) is 18.2. The first-order valence-electron chi connectivity index (χ1n) is 9.10. The summed E-state index contributed by atoms with van der Waals surface area (Å²) in [7, 11) is 0. The third kappa shape index (κ3) is 2.97. The van der Waals surface area contributed by atoms with Gasteiger partial charge in [-0.3, -0.25) is 4.79 Å². The van der Waals surface area contributed by atoms with Crippen LogP contribution in [-0.2, 0) is 4.79 Å². The summed E-state index contributed by atoms with van der Waals surface area (Å²) in [5.74, 6) is 0.344. The standard InChI is InChI=1S/C22H18N4O/c27-22-20(15-16-7-11-18(12-8-16)25-14-4-13-23-25)21(17-9-10-17)24-26(22)19-5-2-1-3-6-19/h1-8,11-15,17H,9-10H2/b20-15-. The molecular formula is C22H18N4O. The van der Waals surface area contributed by atoms with Crippen molar-refractivity contribution in [3.8, 4) is 5.69 Å². The summed E-state index contributed by atoms with van der Waals surface area (Å²) in [6.45, 7) is 0. The summed E-state index contributed by atoms with van der Waals surface area (Å²) >= 11 is 0. The van der Waals surface area contributed by atoms with Crippen LogP contribution >= 0.6 is 0 Å². The molecule has 0 spiro atoms.